The van der Waals surface area contributed by atoms with Crippen LogP contribution in [0.15, 0.2) is 12.3 Å². The van der Waals surface area contributed by atoms with E-state index in [1.54, 1.807) is 0 Å². The molecule has 0 aliphatic rings. The summed E-state index contributed by atoms with van der Waals surface area (Å²) in [5.74, 6) is 0. The molecular weight excluding hydrogens is 215 g/mol. The first kappa shape index (κ1) is 13.2. The van der Waals surface area contributed by atoms with Gasteiger partial charge in [0.15, 0.2) is 0 Å². The van der Waals surface area contributed by atoms with Gasteiger partial charge in [0.2, 0.25) is 0 Å². The van der Waals surface area contributed by atoms with Gasteiger partial charge in [-0.2, -0.15) is 13.2 Å². The fraction of sp³-hybridized carbons (Fsp3) is 0.444. The van der Waals surface area contributed by atoms with Crippen LogP contribution in [-0.4, -0.2) is 4.98 Å². The molecule has 0 unspecified atom stereocenters. The summed E-state index contributed by atoms with van der Waals surface area (Å²) >= 11 is 5.50. The minimum atomic E-state index is -4.39. The third-order valence-corrected chi connectivity index (χ3v) is 1.73. The summed E-state index contributed by atoms with van der Waals surface area (Å²) in [6.45, 7) is 5.50. The average molecular weight is 226 g/mol. The monoisotopic (exact) mass is 225 g/mol. The summed E-state index contributed by atoms with van der Waals surface area (Å²) in [5.41, 5.74) is -0.539. The Morgan fingerprint density at radius 1 is 1.29 bits per heavy atom. The lowest BCUT2D eigenvalue weighted by Crippen LogP contribution is -2.07. The van der Waals surface area contributed by atoms with Gasteiger partial charge < -0.3 is 0 Å². The molecule has 14 heavy (non-hydrogen) atoms. The number of alkyl halides is 3. The molecule has 0 fully saturated rings. The Morgan fingerprint density at radius 3 is 2.14 bits per heavy atom. The van der Waals surface area contributed by atoms with Crippen molar-refractivity contribution in [3.63, 3.8) is 0 Å². The number of nitrogens with zero attached hydrogens (tertiary/aromatic N) is 1. The molecule has 5 heteroatoms. The molecule has 0 bridgehead atoms. The topological polar surface area (TPSA) is 12.9 Å². The van der Waals surface area contributed by atoms with Crippen LogP contribution in [-0.2, 0) is 6.18 Å². The number of pyridine rings is 1. The summed E-state index contributed by atoms with van der Waals surface area (Å²) in [6, 6.07) is 0.919. The van der Waals surface area contributed by atoms with Crippen molar-refractivity contribution in [3.8, 4) is 0 Å². The molecule has 0 aliphatic carbocycles. The van der Waals surface area contributed by atoms with Gasteiger partial charge in [0.05, 0.1) is 5.02 Å². The third-order valence-electron chi connectivity index (χ3n) is 1.34. The lowest BCUT2D eigenvalue weighted by atomic mass is 10.2. The van der Waals surface area contributed by atoms with Crippen LogP contribution >= 0.6 is 11.6 Å². The van der Waals surface area contributed by atoms with Crippen molar-refractivity contribution in [3.05, 3.63) is 28.5 Å². The normalized spacial score (nSPS) is 10.5. The highest BCUT2D eigenvalue weighted by atomic mass is 35.5. The van der Waals surface area contributed by atoms with E-state index in [1.807, 2.05) is 13.8 Å². The number of rotatable bonds is 0. The van der Waals surface area contributed by atoms with E-state index in [4.69, 9.17) is 11.6 Å². The fourth-order valence-corrected chi connectivity index (χ4v) is 0.798. The number of aromatic nitrogens is 1. The van der Waals surface area contributed by atoms with Crippen molar-refractivity contribution in [2.24, 2.45) is 0 Å². The van der Waals surface area contributed by atoms with Gasteiger partial charge in [-0.15, -0.1) is 0 Å². The molecule has 1 heterocycles. The standard InChI is InChI=1S/C7H5ClF3N.C2H6/c1-4-2-6(7(9,10)11)12-3-5(4)8;1-2/h2-3H,1H3;1-2H3. The minimum absolute atomic E-state index is 0.239. The van der Waals surface area contributed by atoms with Crippen LogP contribution in [0.25, 0.3) is 0 Å². The Labute approximate surface area is 85.9 Å². The maximum Gasteiger partial charge on any atom is 0.433 e. The van der Waals surface area contributed by atoms with Crippen molar-refractivity contribution in [1.82, 2.24) is 4.98 Å². The van der Waals surface area contributed by atoms with Crippen molar-refractivity contribution in [2.75, 3.05) is 0 Å². The van der Waals surface area contributed by atoms with Crippen LogP contribution in [0, 0.1) is 6.92 Å². The Kier molecular flexibility index (Phi) is 4.91. The highest BCUT2D eigenvalue weighted by Gasteiger charge is 2.32. The summed E-state index contributed by atoms with van der Waals surface area (Å²) in [4.78, 5) is 3.15. The maximum atomic E-state index is 12.0. The van der Waals surface area contributed by atoms with Gasteiger partial charge >= 0.3 is 6.18 Å². The Hall–Kier alpha value is -0.770. The molecule has 1 aromatic heterocycles. The van der Waals surface area contributed by atoms with E-state index in [0.717, 1.165) is 12.3 Å². The quantitative estimate of drug-likeness (QED) is 0.648. The molecule has 1 aromatic rings. The van der Waals surface area contributed by atoms with Crippen LogP contribution in [0.1, 0.15) is 25.1 Å². The predicted octanol–water partition coefficient (Wildman–Crippen LogP) is 4.09. The van der Waals surface area contributed by atoms with Crippen molar-refractivity contribution in [2.45, 2.75) is 26.9 Å². The first-order chi connectivity index (χ1) is 6.41. The van der Waals surface area contributed by atoms with E-state index in [9.17, 15) is 13.2 Å². The Bertz CT molecular complexity index is 297. The zero-order valence-electron chi connectivity index (χ0n) is 8.11. The van der Waals surface area contributed by atoms with Gasteiger partial charge in [0.1, 0.15) is 5.69 Å². The molecule has 0 saturated heterocycles. The summed E-state index contributed by atoms with van der Waals surface area (Å²) < 4.78 is 36.0. The molecule has 0 saturated carbocycles. The second-order valence-electron chi connectivity index (χ2n) is 2.32. The fourth-order valence-electron chi connectivity index (χ4n) is 0.694. The molecule has 0 N–H and O–H groups in total. The molecule has 0 atom stereocenters. The molecule has 0 aromatic carbocycles. The van der Waals surface area contributed by atoms with Crippen molar-refractivity contribution in [1.29, 1.82) is 0 Å². The highest BCUT2D eigenvalue weighted by Crippen LogP contribution is 2.29. The van der Waals surface area contributed by atoms with E-state index in [2.05, 4.69) is 4.98 Å². The summed E-state index contributed by atoms with van der Waals surface area (Å²) in [7, 11) is 0. The smallest absolute Gasteiger partial charge is 0.250 e. The lowest BCUT2D eigenvalue weighted by molar-refractivity contribution is -0.141. The zero-order valence-corrected chi connectivity index (χ0v) is 8.87. The van der Waals surface area contributed by atoms with Gasteiger partial charge in [0.25, 0.3) is 0 Å². The molecule has 1 rings (SSSR count). The summed E-state index contributed by atoms with van der Waals surface area (Å²) in [6.07, 6.45) is -3.39. The molecule has 0 aliphatic heterocycles. The maximum absolute atomic E-state index is 12.0. The van der Waals surface area contributed by atoms with Gasteiger partial charge in [-0.3, -0.25) is 4.98 Å². The van der Waals surface area contributed by atoms with E-state index < -0.39 is 11.9 Å². The van der Waals surface area contributed by atoms with Crippen molar-refractivity contribution < 1.29 is 13.2 Å². The second kappa shape index (κ2) is 5.20. The Balaban J connectivity index is 0.000000791. The molecular formula is C9H11ClF3N. The molecule has 80 valence electrons. The second-order valence-corrected chi connectivity index (χ2v) is 2.72. The third kappa shape index (κ3) is 3.54. The molecule has 0 radical (unpaired) electrons. The number of halogens is 4. The molecule has 1 nitrogen and oxygen atoms in total. The van der Waals surface area contributed by atoms with Crippen LogP contribution in [0.4, 0.5) is 13.2 Å². The van der Waals surface area contributed by atoms with Crippen LogP contribution < -0.4 is 0 Å². The average Bonchev–Trinajstić information content (AvgIpc) is 2.11. The first-order valence-corrected chi connectivity index (χ1v) is 4.48. The Morgan fingerprint density at radius 2 is 1.79 bits per heavy atom. The zero-order chi connectivity index (χ0) is 11.4. The first-order valence-electron chi connectivity index (χ1n) is 4.10. The van der Waals surface area contributed by atoms with Gasteiger partial charge in [-0.25, -0.2) is 0 Å². The van der Waals surface area contributed by atoms with E-state index in [0.29, 0.717) is 5.56 Å². The van der Waals surface area contributed by atoms with E-state index in [1.165, 1.54) is 6.92 Å². The van der Waals surface area contributed by atoms with Crippen LogP contribution in [0.3, 0.4) is 0 Å². The van der Waals surface area contributed by atoms with Gasteiger partial charge in [-0.05, 0) is 18.6 Å². The number of hydrogen-bond donors (Lipinski definition) is 0. The largest absolute Gasteiger partial charge is 0.433 e. The van der Waals surface area contributed by atoms with E-state index in [-0.39, 0.29) is 5.02 Å². The SMILES string of the molecule is CC.Cc1cc(C(F)(F)F)ncc1Cl. The van der Waals surface area contributed by atoms with Gasteiger partial charge in [-0.1, -0.05) is 25.4 Å². The lowest BCUT2D eigenvalue weighted by Gasteiger charge is -2.06. The van der Waals surface area contributed by atoms with E-state index >= 15 is 0 Å². The predicted molar refractivity (Wildman–Crippen MR) is 50.3 cm³/mol. The summed E-state index contributed by atoms with van der Waals surface area (Å²) in [5, 5.41) is 0.239. The highest BCUT2D eigenvalue weighted by molar-refractivity contribution is 6.31. The number of hydrogen-bond acceptors (Lipinski definition) is 1. The number of aryl methyl sites for hydroxylation is 1. The molecule has 0 spiro atoms. The van der Waals surface area contributed by atoms with Crippen LogP contribution in [0.5, 0.6) is 0 Å². The van der Waals surface area contributed by atoms with Crippen molar-refractivity contribution >= 4 is 11.6 Å². The van der Waals surface area contributed by atoms with Gasteiger partial charge in [0, 0.05) is 6.20 Å². The van der Waals surface area contributed by atoms with Crippen LogP contribution in [0.2, 0.25) is 5.02 Å². The minimum Gasteiger partial charge on any atom is -0.250 e. The molecule has 0 amide bonds.